The Balaban J connectivity index is 2.40. The first-order valence-corrected chi connectivity index (χ1v) is 5.39. The highest BCUT2D eigenvalue weighted by Gasteiger charge is 2.34. The zero-order valence-corrected chi connectivity index (χ0v) is 8.93. The van der Waals surface area contributed by atoms with Crippen LogP contribution in [-0.4, -0.2) is 6.72 Å². The third kappa shape index (κ3) is 1.57. The van der Waals surface area contributed by atoms with Crippen molar-refractivity contribution in [3.8, 4) is 0 Å². The Morgan fingerprint density at radius 2 is 2.00 bits per heavy atom. The van der Waals surface area contributed by atoms with Crippen molar-refractivity contribution in [2.75, 3.05) is 0 Å². The highest BCUT2D eigenvalue weighted by Crippen LogP contribution is 2.42. The van der Waals surface area contributed by atoms with Crippen molar-refractivity contribution in [3.63, 3.8) is 0 Å². The molecule has 0 unspecified atom stereocenters. The smallest absolute Gasteiger partial charge is 0.0849 e. The zero-order valence-electron chi connectivity index (χ0n) is 8.17. The molecule has 1 nitrogen and oxygen atoms in total. The van der Waals surface area contributed by atoms with E-state index in [1.807, 2.05) is 18.2 Å². The van der Waals surface area contributed by atoms with Crippen LogP contribution in [0, 0.1) is 0 Å². The summed E-state index contributed by atoms with van der Waals surface area (Å²) in [6.07, 6.45) is 4.70. The molecule has 1 aromatic carbocycles. The van der Waals surface area contributed by atoms with Crippen molar-refractivity contribution >= 4 is 18.3 Å². The number of benzene rings is 1. The number of halogens is 1. The molecule has 0 saturated heterocycles. The van der Waals surface area contributed by atoms with Crippen molar-refractivity contribution in [1.82, 2.24) is 0 Å². The maximum atomic E-state index is 5.98. The second-order valence-corrected chi connectivity index (χ2v) is 4.34. The second kappa shape index (κ2) is 3.74. The minimum atomic E-state index is -0.0507. The van der Waals surface area contributed by atoms with Gasteiger partial charge in [-0.2, -0.15) is 0 Å². The number of nitrogens with zero attached hydrogens (tertiary/aromatic N) is 1. The Kier molecular flexibility index (Phi) is 2.60. The first-order chi connectivity index (χ1) is 6.77. The summed E-state index contributed by atoms with van der Waals surface area (Å²) in [5, 5.41) is 0.789. The summed E-state index contributed by atoms with van der Waals surface area (Å²) in [7, 11) is 0. The van der Waals surface area contributed by atoms with E-state index in [9.17, 15) is 0 Å². The Morgan fingerprint density at radius 3 is 2.57 bits per heavy atom. The van der Waals surface area contributed by atoms with Gasteiger partial charge in [-0.3, -0.25) is 4.99 Å². The first-order valence-electron chi connectivity index (χ1n) is 5.01. The van der Waals surface area contributed by atoms with Crippen LogP contribution in [0.1, 0.15) is 31.2 Å². The van der Waals surface area contributed by atoms with Gasteiger partial charge >= 0.3 is 0 Å². The Hall–Kier alpha value is -0.820. The van der Waals surface area contributed by atoms with Crippen LogP contribution in [0.5, 0.6) is 0 Å². The lowest BCUT2D eigenvalue weighted by molar-refractivity contribution is 0.469. The van der Waals surface area contributed by atoms with Gasteiger partial charge in [0.1, 0.15) is 0 Å². The molecule has 0 spiro atoms. The van der Waals surface area contributed by atoms with Gasteiger partial charge in [0.2, 0.25) is 0 Å². The quantitative estimate of drug-likeness (QED) is 0.654. The number of rotatable bonds is 2. The summed E-state index contributed by atoms with van der Waals surface area (Å²) < 4.78 is 0. The van der Waals surface area contributed by atoms with Gasteiger partial charge in [-0.25, -0.2) is 0 Å². The van der Waals surface area contributed by atoms with Crippen LogP contribution in [0.3, 0.4) is 0 Å². The summed E-state index contributed by atoms with van der Waals surface area (Å²) in [5.41, 5.74) is 1.17. The molecule has 0 amide bonds. The predicted octanol–water partition coefficient (Wildman–Crippen LogP) is 3.81. The molecular weight excluding hydrogens is 194 g/mol. The molecule has 0 heterocycles. The normalized spacial score (nSPS) is 19.5. The molecule has 1 saturated carbocycles. The fourth-order valence-electron chi connectivity index (χ4n) is 2.28. The minimum Gasteiger partial charge on any atom is -0.290 e. The molecule has 2 rings (SSSR count). The molecule has 0 radical (unpaired) electrons. The highest BCUT2D eigenvalue weighted by atomic mass is 35.5. The van der Waals surface area contributed by atoms with E-state index in [1.165, 1.54) is 18.4 Å². The van der Waals surface area contributed by atoms with E-state index in [-0.39, 0.29) is 5.54 Å². The molecule has 74 valence electrons. The molecule has 0 aliphatic heterocycles. The largest absolute Gasteiger partial charge is 0.290 e. The number of hydrogen-bond donors (Lipinski definition) is 0. The maximum Gasteiger partial charge on any atom is 0.0849 e. The Morgan fingerprint density at radius 1 is 1.29 bits per heavy atom. The summed E-state index contributed by atoms with van der Waals surface area (Å²) in [4.78, 5) is 4.32. The number of aliphatic imine (C=N–C) groups is 1. The maximum absolute atomic E-state index is 5.98. The van der Waals surface area contributed by atoms with Crippen molar-refractivity contribution in [2.45, 2.75) is 31.2 Å². The van der Waals surface area contributed by atoms with Crippen molar-refractivity contribution < 1.29 is 0 Å². The predicted molar refractivity (Wildman–Crippen MR) is 61.1 cm³/mol. The summed E-state index contributed by atoms with van der Waals surface area (Å²) in [5.74, 6) is 0. The number of hydrogen-bond acceptors (Lipinski definition) is 1. The van der Waals surface area contributed by atoms with Crippen LogP contribution in [-0.2, 0) is 5.54 Å². The molecule has 14 heavy (non-hydrogen) atoms. The molecule has 2 heteroatoms. The summed E-state index contributed by atoms with van der Waals surface area (Å²) >= 11 is 5.98. The fraction of sp³-hybridized carbons (Fsp3) is 0.417. The van der Waals surface area contributed by atoms with E-state index in [2.05, 4.69) is 17.8 Å². The average molecular weight is 208 g/mol. The van der Waals surface area contributed by atoms with E-state index in [1.54, 1.807) is 0 Å². The molecule has 1 aromatic rings. The fourth-order valence-corrected chi connectivity index (χ4v) is 2.47. The molecule has 1 aliphatic carbocycles. The van der Waals surface area contributed by atoms with E-state index < -0.39 is 0 Å². The molecule has 0 N–H and O–H groups in total. The van der Waals surface area contributed by atoms with E-state index >= 15 is 0 Å². The van der Waals surface area contributed by atoms with Gasteiger partial charge in [-0.05, 0) is 37.3 Å². The molecule has 0 bridgehead atoms. The third-order valence-corrected chi connectivity index (χ3v) is 3.33. The van der Waals surface area contributed by atoms with Gasteiger partial charge in [0.05, 0.1) is 5.54 Å². The molecule has 1 fully saturated rings. The van der Waals surface area contributed by atoms with Gasteiger partial charge in [-0.1, -0.05) is 36.6 Å². The lowest BCUT2D eigenvalue weighted by atomic mass is 9.89. The van der Waals surface area contributed by atoms with Crippen LogP contribution >= 0.6 is 11.6 Å². The minimum absolute atomic E-state index is 0.0507. The summed E-state index contributed by atoms with van der Waals surface area (Å²) in [6.45, 7) is 3.73. The summed E-state index contributed by atoms with van der Waals surface area (Å²) in [6, 6.07) is 8.01. The van der Waals surface area contributed by atoms with Crippen LogP contribution in [0.4, 0.5) is 0 Å². The van der Waals surface area contributed by atoms with Crippen molar-refractivity contribution in [3.05, 3.63) is 34.9 Å². The second-order valence-electron chi connectivity index (χ2n) is 3.91. The van der Waals surface area contributed by atoms with Gasteiger partial charge < -0.3 is 0 Å². The Labute approximate surface area is 89.8 Å². The van der Waals surface area contributed by atoms with Crippen LogP contribution < -0.4 is 0 Å². The van der Waals surface area contributed by atoms with E-state index in [0.29, 0.717) is 0 Å². The molecule has 1 aliphatic rings. The van der Waals surface area contributed by atoms with Crippen LogP contribution in [0.25, 0.3) is 0 Å². The van der Waals surface area contributed by atoms with E-state index in [4.69, 9.17) is 11.6 Å². The van der Waals surface area contributed by atoms with Crippen molar-refractivity contribution in [1.29, 1.82) is 0 Å². The Bertz CT molecular complexity index is 340. The van der Waals surface area contributed by atoms with Crippen molar-refractivity contribution in [2.24, 2.45) is 4.99 Å². The highest BCUT2D eigenvalue weighted by molar-refractivity contribution is 6.30. The molecular formula is C12H14ClN. The van der Waals surface area contributed by atoms with Crippen LogP contribution in [0.2, 0.25) is 5.02 Å². The standard InChI is InChI=1S/C12H14ClN/c1-14-12(7-2-3-8-12)10-5-4-6-11(13)9-10/h4-6,9H,1-3,7-8H2. The zero-order chi connectivity index (χ0) is 10.0. The van der Waals surface area contributed by atoms with Gasteiger partial charge in [0.15, 0.2) is 0 Å². The monoisotopic (exact) mass is 207 g/mol. The topological polar surface area (TPSA) is 12.4 Å². The average Bonchev–Trinajstić information content (AvgIpc) is 2.67. The van der Waals surface area contributed by atoms with Crippen LogP contribution in [0.15, 0.2) is 29.3 Å². The van der Waals surface area contributed by atoms with Gasteiger partial charge in [0, 0.05) is 5.02 Å². The first kappa shape index (κ1) is 9.72. The van der Waals surface area contributed by atoms with Gasteiger partial charge in [-0.15, -0.1) is 0 Å². The lowest BCUT2D eigenvalue weighted by Crippen LogP contribution is -2.18. The SMILES string of the molecule is C=NC1(c2cccc(Cl)c2)CCCC1. The van der Waals surface area contributed by atoms with Gasteiger partial charge in [0.25, 0.3) is 0 Å². The molecule has 0 aromatic heterocycles. The lowest BCUT2D eigenvalue weighted by Gasteiger charge is -2.24. The molecule has 0 atom stereocenters. The van der Waals surface area contributed by atoms with E-state index in [0.717, 1.165) is 17.9 Å². The third-order valence-electron chi connectivity index (χ3n) is 3.10.